The molecule has 0 amide bonds. The molecule has 1 atom stereocenters. The number of benzene rings is 1. The van der Waals surface area contributed by atoms with Crippen LogP contribution in [0.15, 0.2) is 18.2 Å². The first-order chi connectivity index (χ1) is 7.17. The third-order valence-corrected chi connectivity index (χ3v) is 3.06. The van der Waals surface area contributed by atoms with E-state index in [1.807, 2.05) is 6.26 Å². The lowest BCUT2D eigenvalue weighted by Crippen LogP contribution is -2.12. The van der Waals surface area contributed by atoms with Gasteiger partial charge in [0.15, 0.2) is 0 Å². The Hall–Kier alpha value is -1.21. The van der Waals surface area contributed by atoms with Crippen molar-refractivity contribution in [3.8, 4) is 6.07 Å². The Morgan fingerprint density at radius 1 is 1.60 bits per heavy atom. The summed E-state index contributed by atoms with van der Waals surface area (Å²) < 4.78 is 13.2. The van der Waals surface area contributed by atoms with Gasteiger partial charge in [0.1, 0.15) is 11.9 Å². The van der Waals surface area contributed by atoms with Gasteiger partial charge in [-0.05, 0) is 24.5 Å². The van der Waals surface area contributed by atoms with Crippen molar-refractivity contribution in [2.24, 2.45) is 0 Å². The van der Waals surface area contributed by atoms with Gasteiger partial charge in [0.2, 0.25) is 0 Å². The second kappa shape index (κ2) is 5.62. The van der Waals surface area contributed by atoms with Gasteiger partial charge in [-0.3, -0.25) is 0 Å². The van der Waals surface area contributed by atoms with Crippen molar-refractivity contribution >= 4 is 17.4 Å². The molecule has 15 heavy (non-hydrogen) atoms. The molecule has 0 aliphatic rings. The van der Waals surface area contributed by atoms with E-state index in [-0.39, 0.29) is 5.56 Å². The highest BCUT2D eigenvalue weighted by molar-refractivity contribution is 7.99. The third-order valence-electron chi connectivity index (χ3n) is 2.09. The summed E-state index contributed by atoms with van der Waals surface area (Å²) >= 11 is 1.75. The SMILES string of the molecule is CSC(C)CNc1ccc(C#N)c(F)c1. The van der Waals surface area contributed by atoms with Crippen molar-refractivity contribution < 1.29 is 4.39 Å². The zero-order chi connectivity index (χ0) is 11.3. The fourth-order valence-electron chi connectivity index (χ4n) is 1.06. The molecule has 1 aromatic rings. The largest absolute Gasteiger partial charge is 0.384 e. The number of halogens is 1. The Labute approximate surface area is 93.5 Å². The predicted octanol–water partition coefficient (Wildman–Crippen LogP) is 2.86. The van der Waals surface area contributed by atoms with Crippen LogP contribution in [-0.2, 0) is 0 Å². The molecule has 0 fully saturated rings. The summed E-state index contributed by atoms with van der Waals surface area (Å²) in [6.07, 6.45) is 2.03. The van der Waals surface area contributed by atoms with Gasteiger partial charge in [0, 0.05) is 17.5 Å². The number of anilines is 1. The van der Waals surface area contributed by atoms with Crippen molar-refractivity contribution in [3.63, 3.8) is 0 Å². The van der Waals surface area contributed by atoms with Gasteiger partial charge < -0.3 is 5.32 Å². The van der Waals surface area contributed by atoms with Gasteiger partial charge >= 0.3 is 0 Å². The first kappa shape index (κ1) is 11.9. The Balaban J connectivity index is 2.64. The molecule has 1 rings (SSSR count). The summed E-state index contributed by atoms with van der Waals surface area (Å²) in [7, 11) is 0. The van der Waals surface area contributed by atoms with Gasteiger partial charge in [0.25, 0.3) is 0 Å². The van der Waals surface area contributed by atoms with Gasteiger partial charge in [-0.15, -0.1) is 0 Å². The number of hydrogen-bond donors (Lipinski definition) is 1. The Bertz CT molecular complexity index is 373. The van der Waals surface area contributed by atoms with Crippen LogP contribution in [0.3, 0.4) is 0 Å². The van der Waals surface area contributed by atoms with Gasteiger partial charge in [-0.25, -0.2) is 4.39 Å². The maximum atomic E-state index is 13.2. The molecule has 0 heterocycles. The molecule has 0 bridgehead atoms. The zero-order valence-electron chi connectivity index (χ0n) is 8.75. The average Bonchev–Trinajstić information content (AvgIpc) is 2.26. The number of rotatable bonds is 4. The molecule has 2 nitrogen and oxygen atoms in total. The molecule has 4 heteroatoms. The van der Waals surface area contributed by atoms with E-state index >= 15 is 0 Å². The second-order valence-corrected chi connectivity index (χ2v) is 4.51. The van der Waals surface area contributed by atoms with Crippen LogP contribution in [0, 0.1) is 17.1 Å². The van der Waals surface area contributed by atoms with Gasteiger partial charge in [-0.1, -0.05) is 6.92 Å². The number of nitrogens with one attached hydrogen (secondary N) is 1. The van der Waals surface area contributed by atoms with Crippen LogP contribution in [0.2, 0.25) is 0 Å². The molecule has 0 aliphatic heterocycles. The molecule has 1 unspecified atom stereocenters. The molecule has 0 saturated carbocycles. The van der Waals surface area contributed by atoms with E-state index in [1.165, 1.54) is 12.1 Å². The van der Waals surface area contributed by atoms with E-state index in [4.69, 9.17) is 5.26 Å². The lowest BCUT2D eigenvalue weighted by Gasteiger charge is -2.11. The summed E-state index contributed by atoms with van der Waals surface area (Å²) in [5.74, 6) is -0.473. The lowest BCUT2D eigenvalue weighted by atomic mass is 10.2. The van der Waals surface area contributed by atoms with E-state index in [0.717, 1.165) is 6.54 Å². The minimum absolute atomic E-state index is 0.0819. The highest BCUT2D eigenvalue weighted by atomic mass is 32.2. The smallest absolute Gasteiger partial charge is 0.143 e. The molecule has 0 aliphatic carbocycles. The number of hydrogen-bond acceptors (Lipinski definition) is 3. The van der Waals surface area contributed by atoms with Crippen molar-refractivity contribution in [2.75, 3.05) is 18.1 Å². The first-order valence-electron chi connectivity index (χ1n) is 4.63. The number of nitrogens with zero attached hydrogens (tertiary/aromatic N) is 1. The summed E-state index contributed by atoms with van der Waals surface area (Å²) in [5.41, 5.74) is 0.797. The van der Waals surface area contributed by atoms with Gasteiger partial charge in [-0.2, -0.15) is 17.0 Å². The average molecular weight is 224 g/mol. The Morgan fingerprint density at radius 2 is 2.33 bits per heavy atom. The highest BCUT2D eigenvalue weighted by Crippen LogP contribution is 2.14. The first-order valence-corrected chi connectivity index (χ1v) is 5.92. The van der Waals surface area contributed by atoms with E-state index in [9.17, 15) is 4.39 Å². The Morgan fingerprint density at radius 3 is 2.87 bits per heavy atom. The topological polar surface area (TPSA) is 35.8 Å². The predicted molar refractivity (Wildman–Crippen MR) is 62.6 cm³/mol. The molecule has 1 aromatic carbocycles. The molecule has 0 saturated heterocycles. The monoisotopic (exact) mass is 224 g/mol. The summed E-state index contributed by atoms with van der Waals surface area (Å²) in [6, 6.07) is 6.35. The quantitative estimate of drug-likeness (QED) is 0.854. The summed E-state index contributed by atoms with van der Waals surface area (Å²) in [6.45, 7) is 2.88. The van der Waals surface area contributed by atoms with Crippen molar-refractivity contribution in [2.45, 2.75) is 12.2 Å². The third kappa shape index (κ3) is 3.45. The normalized spacial score (nSPS) is 11.9. The van der Waals surface area contributed by atoms with Crippen molar-refractivity contribution in [3.05, 3.63) is 29.6 Å². The van der Waals surface area contributed by atoms with Crippen LogP contribution in [0.5, 0.6) is 0 Å². The summed E-state index contributed by atoms with van der Waals surface area (Å²) in [5, 5.41) is 12.1. The van der Waals surface area contributed by atoms with E-state index in [1.54, 1.807) is 23.9 Å². The van der Waals surface area contributed by atoms with Crippen molar-refractivity contribution in [1.29, 1.82) is 5.26 Å². The Kier molecular flexibility index (Phi) is 4.44. The van der Waals surface area contributed by atoms with E-state index < -0.39 is 5.82 Å². The maximum absolute atomic E-state index is 13.2. The number of nitriles is 1. The maximum Gasteiger partial charge on any atom is 0.143 e. The van der Waals surface area contributed by atoms with Crippen LogP contribution in [-0.4, -0.2) is 18.1 Å². The highest BCUT2D eigenvalue weighted by Gasteiger charge is 2.03. The molecular formula is C11H13FN2S. The van der Waals surface area contributed by atoms with Crippen molar-refractivity contribution in [1.82, 2.24) is 0 Å². The molecule has 1 N–H and O–H groups in total. The van der Waals surface area contributed by atoms with Crippen LogP contribution >= 0.6 is 11.8 Å². The fraction of sp³-hybridized carbons (Fsp3) is 0.364. The van der Waals surface area contributed by atoms with Crippen LogP contribution in [0.1, 0.15) is 12.5 Å². The standard InChI is InChI=1S/C11H13FN2S/c1-8(15-2)7-14-10-4-3-9(6-13)11(12)5-10/h3-5,8,14H,7H2,1-2H3. The lowest BCUT2D eigenvalue weighted by molar-refractivity contribution is 0.624. The minimum atomic E-state index is -0.473. The van der Waals surface area contributed by atoms with Crippen LogP contribution in [0.25, 0.3) is 0 Å². The van der Waals surface area contributed by atoms with E-state index in [0.29, 0.717) is 10.9 Å². The van der Waals surface area contributed by atoms with Crippen LogP contribution < -0.4 is 5.32 Å². The van der Waals surface area contributed by atoms with E-state index in [2.05, 4.69) is 12.2 Å². The zero-order valence-corrected chi connectivity index (χ0v) is 9.57. The molecule has 80 valence electrons. The fourth-order valence-corrected chi connectivity index (χ4v) is 1.31. The van der Waals surface area contributed by atoms with Crippen LogP contribution in [0.4, 0.5) is 10.1 Å². The summed E-state index contributed by atoms with van der Waals surface area (Å²) in [4.78, 5) is 0. The molecule has 0 aromatic heterocycles. The minimum Gasteiger partial charge on any atom is -0.384 e. The van der Waals surface area contributed by atoms with Gasteiger partial charge in [0.05, 0.1) is 5.56 Å². The number of thioether (sulfide) groups is 1. The molecular weight excluding hydrogens is 211 g/mol. The second-order valence-electron chi connectivity index (χ2n) is 3.23. The molecule has 0 radical (unpaired) electrons. The molecule has 0 spiro atoms.